The summed E-state index contributed by atoms with van der Waals surface area (Å²) in [7, 11) is -2.58. The molecule has 0 saturated carbocycles. The zero-order valence-corrected chi connectivity index (χ0v) is 32.1. The van der Waals surface area contributed by atoms with E-state index in [-0.39, 0.29) is 0 Å². The topological polar surface area (TPSA) is 3.24 Å². The predicted molar refractivity (Wildman–Crippen MR) is 241 cm³/mol. The van der Waals surface area contributed by atoms with Crippen LogP contribution in [0.5, 0.6) is 0 Å². The fourth-order valence-corrected chi connectivity index (χ4v) is 12.9. The molecule has 56 heavy (non-hydrogen) atoms. The van der Waals surface area contributed by atoms with Crippen LogP contribution in [0.15, 0.2) is 249 Å². The first kappa shape index (κ1) is 34.7. The maximum atomic E-state index is 2.37. The average molecular weight is 732 g/mol. The number of hydrogen-bond donors (Lipinski definition) is 0. The molecule has 9 aromatic rings. The highest BCUT2D eigenvalue weighted by molar-refractivity contribution is 7.19. The van der Waals surface area contributed by atoms with Crippen molar-refractivity contribution < 1.29 is 0 Å². The molecule has 0 bridgehead atoms. The minimum absolute atomic E-state index is 1.10. The first-order valence-corrected chi connectivity index (χ1v) is 21.3. The maximum Gasteiger partial charge on any atom is 0.179 e. The zero-order chi connectivity index (χ0) is 37.6. The van der Waals surface area contributed by atoms with E-state index < -0.39 is 8.07 Å². The minimum Gasteiger partial charge on any atom is -0.310 e. The molecule has 0 heterocycles. The largest absolute Gasteiger partial charge is 0.310 e. The van der Waals surface area contributed by atoms with Gasteiger partial charge in [0.05, 0.1) is 0 Å². The van der Waals surface area contributed by atoms with Gasteiger partial charge in [0.15, 0.2) is 8.07 Å². The molecule has 2 heteroatoms. The summed E-state index contributed by atoms with van der Waals surface area (Å²) in [6, 6.07) is 90.6. The van der Waals surface area contributed by atoms with E-state index in [0.29, 0.717) is 0 Å². The Kier molecular flexibility index (Phi) is 9.78. The Morgan fingerprint density at radius 2 is 0.518 bits per heavy atom. The molecule has 9 aromatic carbocycles. The van der Waals surface area contributed by atoms with E-state index in [1.54, 1.807) is 0 Å². The Hall–Kier alpha value is -7.00. The van der Waals surface area contributed by atoms with Gasteiger partial charge in [-0.05, 0) is 90.5 Å². The van der Waals surface area contributed by atoms with Gasteiger partial charge in [-0.25, -0.2) is 0 Å². The van der Waals surface area contributed by atoms with Crippen LogP contribution in [0.3, 0.4) is 0 Å². The van der Waals surface area contributed by atoms with E-state index in [9.17, 15) is 0 Å². The van der Waals surface area contributed by atoms with E-state index >= 15 is 0 Å². The second-order valence-corrected chi connectivity index (χ2v) is 17.9. The van der Waals surface area contributed by atoms with E-state index in [1.807, 2.05) is 0 Å². The highest BCUT2D eigenvalue weighted by atomic mass is 28.3. The van der Waals surface area contributed by atoms with Gasteiger partial charge in [-0.1, -0.05) is 212 Å². The SMILES string of the molecule is c1ccc(-c2ccc(N(c3ccc(-c4ccc([Si](c5ccccc5)(c5ccccc5)c5ccccc5)cc4)cc3)c3cccc(-c4ccccc4)c3)cc2)cc1. The molecule has 0 aliphatic carbocycles. The molecule has 1 nitrogen and oxygen atoms in total. The highest BCUT2D eigenvalue weighted by Gasteiger charge is 2.41. The Morgan fingerprint density at radius 1 is 0.214 bits per heavy atom. The van der Waals surface area contributed by atoms with E-state index in [0.717, 1.165) is 17.1 Å². The summed E-state index contributed by atoms with van der Waals surface area (Å²) in [6.45, 7) is 0. The van der Waals surface area contributed by atoms with Gasteiger partial charge in [0.1, 0.15) is 0 Å². The van der Waals surface area contributed by atoms with Crippen LogP contribution in [-0.2, 0) is 0 Å². The zero-order valence-electron chi connectivity index (χ0n) is 31.1. The van der Waals surface area contributed by atoms with Crippen LogP contribution in [0, 0.1) is 0 Å². The Labute approximate surface area is 331 Å². The monoisotopic (exact) mass is 731 g/mol. The smallest absolute Gasteiger partial charge is 0.179 e. The Morgan fingerprint density at radius 3 is 0.929 bits per heavy atom. The molecule has 0 N–H and O–H groups in total. The summed E-state index contributed by atoms with van der Waals surface area (Å²) < 4.78 is 0. The van der Waals surface area contributed by atoms with Crippen molar-refractivity contribution in [1.29, 1.82) is 0 Å². The van der Waals surface area contributed by atoms with E-state index in [4.69, 9.17) is 0 Å². The normalized spacial score (nSPS) is 11.2. The van der Waals surface area contributed by atoms with Crippen molar-refractivity contribution in [2.75, 3.05) is 4.90 Å². The molecule has 0 spiro atoms. The molecule has 0 amide bonds. The third-order valence-corrected chi connectivity index (χ3v) is 15.6. The number of benzene rings is 9. The average Bonchev–Trinajstić information content (AvgIpc) is 3.29. The first-order valence-electron chi connectivity index (χ1n) is 19.3. The van der Waals surface area contributed by atoms with Gasteiger partial charge >= 0.3 is 0 Å². The lowest BCUT2D eigenvalue weighted by Crippen LogP contribution is -2.74. The van der Waals surface area contributed by atoms with Crippen LogP contribution in [-0.4, -0.2) is 8.07 Å². The van der Waals surface area contributed by atoms with Crippen LogP contribution in [0.4, 0.5) is 17.1 Å². The quantitative estimate of drug-likeness (QED) is 0.1000. The van der Waals surface area contributed by atoms with Gasteiger partial charge in [0, 0.05) is 17.1 Å². The molecule has 0 radical (unpaired) electrons. The molecule has 0 fully saturated rings. The van der Waals surface area contributed by atoms with Gasteiger partial charge in [0.25, 0.3) is 0 Å². The van der Waals surface area contributed by atoms with Crippen molar-refractivity contribution in [2.24, 2.45) is 0 Å². The molecule has 0 unspecified atom stereocenters. The van der Waals surface area contributed by atoms with E-state index in [1.165, 1.54) is 54.1 Å². The number of rotatable bonds is 10. The van der Waals surface area contributed by atoms with Crippen molar-refractivity contribution in [3.63, 3.8) is 0 Å². The fourth-order valence-electron chi connectivity index (χ4n) is 8.12. The van der Waals surface area contributed by atoms with Gasteiger partial charge in [-0.2, -0.15) is 0 Å². The summed E-state index contributed by atoms with van der Waals surface area (Å²) in [4.78, 5) is 2.35. The van der Waals surface area contributed by atoms with Crippen molar-refractivity contribution in [2.45, 2.75) is 0 Å². The molecule has 9 rings (SSSR count). The lowest BCUT2D eigenvalue weighted by atomic mass is 10.0. The highest BCUT2D eigenvalue weighted by Crippen LogP contribution is 2.38. The molecule has 0 aromatic heterocycles. The van der Waals surface area contributed by atoms with Gasteiger partial charge in [-0.15, -0.1) is 0 Å². The van der Waals surface area contributed by atoms with Crippen molar-refractivity contribution in [3.8, 4) is 33.4 Å². The molecule has 0 atom stereocenters. The summed E-state index contributed by atoms with van der Waals surface area (Å²) in [5, 5.41) is 5.50. The molecule has 266 valence electrons. The molecule has 0 aliphatic rings. The fraction of sp³-hybridized carbons (Fsp3) is 0. The lowest BCUT2D eigenvalue weighted by molar-refractivity contribution is 1.28. The van der Waals surface area contributed by atoms with Crippen LogP contribution >= 0.6 is 0 Å². The number of nitrogens with zero attached hydrogens (tertiary/aromatic N) is 1. The Balaban J connectivity index is 1.10. The summed E-state index contributed by atoms with van der Waals surface area (Å²) in [5.41, 5.74) is 10.5. The van der Waals surface area contributed by atoms with Crippen LogP contribution in [0.1, 0.15) is 0 Å². The minimum atomic E-state index is -2.58. The third kappa shape index (κ3) is 6.79. The van der Waals surface area contributed by atoms with E-state index in [2.05, 4.69) is 254 Å². The second-order valence-electron chi connectivity index (χ2n) is 14.1. The van der Waals surface area contributed by atoms with Gasteiger partial charge < -0.3 is 4.90 Å². The number of anilines is 3. The van der Waals surface area contributed by atoms with Crippen LogP contribution < -0.4 is 25.6 Å². The standard InChI is InChI=1S/C54H41NSi/c1-6-17-42(18-7-1)44-29-35-48(36-30-44)55(50-22-16-21-47(41-50)43-19-8-2-9-20-43)49-37-31-45(32-38-49)46-33-39-54(40-34-46)56(51-23-10-3-11-24-51,52-25-12-4-13-26-52)53-27-14-5-15-28-53/h1-41H. The summed E-state index contributed by atoms with van der Waals surface area (Å²) in [5.74, 6) is 0. The maximum absolute atomic E-state index is 2.58. The molecular weight excluding hydrogens is 691 g/mol. The molecular formula is C54H41NSi. The molecule has 0 aliphatic heterocycles. The van der Waals surface area contributed by atoms with Gasteiger partial charge in [-0.3, -0.25) is 0 Å². The first-order chi connectivity index (χ1) is 27.8. The second kappa shape index (κ2) is 15.8. The summed E-state index contributed by atoms with van der Waals surface area (Å²) in [6.07, 6.45) is 0. The molecule has 0 saturated heterocycles. The van der Waals surface area contributed by atoms with Gasteiger partial charge in [0.2, 0.25) is 0 Å². The lowest BCUT2D eigenvalue weighted by Gasteiger charge is -2.34. The van der Waals surface area contributed by atoms with Crippen molar-refractivity contribution >= 4 is 45.9 Å². The van der Waals surface area contributed by atoms with Crippen LogP contribution in [0.25, 0.3) is 33.4 Å². The third-order valence-electron chi connectivity index (χ3n) is 10.8. The van der Waals surface area contributed by atoms with Crippen LogP contribution in [0.2, 0.25) is 0 Å². The predicted octanol–water partition coefficient (Wildman–Crippen LogP) is 11.5. The van der Waals surface area contributed by atoms with Crippen molar-refractivity contribution in [1.82, 2.24) is 0 Å². The summed E-state index contributed by atoms with van der Waals surface area (Å²) >= 11 is 0. The number of hydrogen-bond acceptors (Lipinski definition) is 1. The van der Waals surface area contributed by atoms with Crippen molar-refractivity contribution in [3.05, 3.63) is 249 Å². The Bertz CT molecular complexity index is 2530.